The van der Waals surface area contributed by atoms with Crippen molar-refractivity contribution in [3.05, 3.63) is 81.7 Å². The lowest BCUT2D eigenvalue weighted by molar-refractivity contribution is -0.521. The molecule has 1 saturated heterocycles. The highest BCUT2D eigenvalue weighted by molar-refractivity contribution is 5.24. The summed E-state index contributed by atoms with van der Waals surface area (Å²) in [7, 11) is 0. The van der Waals surface area contributed by atoms with E-state index in [9.17, 15) is 14.5 Å². The van der Waals surface area contributed by atoms with Crippen LogP contribution in [-0.2, 0) is 6.54 Å². The van der Waals surface area contributed by atoms with Gasteiger partial charge in [-0.05, 0) is 23.3 Å². The molecule has 1 aliphatic heterocycles. The van der Waals surface area contributed by atoms with Gasteiger partial charge >= 0.3 is 0 Å². The first-order valence-corrected chi connectivity index (χ1v) is 7.29. The van der Waals surface area contributed by atoms with Gasteiger partial charge in [0.15, 0.2) is 0 Å². The van der Waals surface area contributed by atoms with Gasteiger partial charge in [0.25, 0.3) is 0 Å². The van der Waals surface area contributed by atoms with Crippen molar-refractivity contribution in [3.63, 3.8) is 0 Å². The molecule has 0 spiro atoms. The number of nitrogens with zero attached hydrogens (tertiary/aromatic N) is 2. The monoisotopic (exact) mass is 300 g/mol. The van der Waals surface area contributed by atoms with E-state index in [1.54, 1.807) is 12.1 Å². The molecule has 3 rings (SSSR count). The summed E-state index contributed by atoms with van der Waals surface area (Å²) >= 11 is 0. The minimum absolute atomic E-state index is 0.236. The first kappa shape index (κ1) is 14.7. The van der Waals surface area contributed by atoms with Crippen molar-refractivity contribution >= 4 is 0 Å². The molecule has 0 aliphatic carbocycles. The fraction of sp³-hybridized carbons (Fsp3) is 0.294. The first-order valence-electron chi connectivity index (χ1n) is 7.29. The van der Waals surface area contributed by atoms with E-state index in [2.05, 4.69) is 4.90 Å². The van der Waals surface area contributed by atoms with Crippen molar-refractivity contribution in [2.45, 2.75) is 18.5 Å². The normalized spacial score (nSPS) is 21.9. The van der Waals surface area contributed by atoms with E-state index in [1.165, 1.54) is 12.1 Å². The maximum atomic E-state index is 13.4. The maximum Gasteiger partial charge on any atom is 0.233 e. The molecule has 0 amide bonds. The fourth-order valence-electron chi connectivity index (χ4n) is 3.12. The van der Waals surface area contributed by atoms with E-state index in [0.29, 0.717) is 25.2 Å². The maximum absolute atomic E-state index is 13.4. The smallest absolute Gasteiger partial charge is 0.233 e. The molecule has 1 heterocycles. The third-order valence-electron chi connectivity index (χ3n) is 4.16. The van der Waals surface area contributed by atoms with Crippen LogP contribution in [0.4, 0.5) is 4.39 Å². The molecule has 4 nitrogen and oxygen atoms in total. The molecule has 0 bridgehead atoms. The van der Waals surface area contributed by atoms with Gasteiger partial charge in [0.1, 0.15) is 5.82 Å². The Morgan fingerprint density at radius 1 is 1.14 bits per heavy atom. The van der Waals surface area contributed by atoms with Gasteiger partial charge in [-0.1, -0.05) is 42.5 Å². The van der Waals surface area contributed by atoms with Crippen LogP contribution in [0.2, 0.25) is 0 Å². The number of halogens is 1. The molecule has 5 heteroatoms. The Balaban J connectivity index is 1.79. The van der Waals surface area contributed by atoms with Gasteiger partial charge in [0.2, 0.25) is 6.04 Å². The van der Waals surface area contributed by atoms with Crippen molar-refractivity contribution in [1.29, 1.82) is 0 Å². The SMILES string of the molecule is O=[N+]([O-])[C@H]1CN(Cc2ccccc2)C[C@H]1c1cccc(F)c1. The lowest BCUT2D eigenvalue weighted by Crippen LogP contribution is -2.28. The van der Waals surface area contributed by atoms with Crippen LogP contribution in [0.5, 0.6) is 0 Å². The zero-order valence-corrected chi connectivity index (χ0v) is 12.1. The molecule has 0 N–H and O–H groups in total. The van der Waals surface area contributed by atoms with Crippen LogP contribution in [0, 0.1) is 15.9 Å². The van der Waals surface area contributed by atoms with Crippen molar-refractivity contribution in [1.82, 2.24) is 4.90 Å². The van der Waals surface area contributed by atoms with E-state index in [4.69, 9.17) is 0 Å². The van der Waals surface area contributed by atoms with Crippen molar-refractivity contribution in [3.8, 4) is 0 Å². The van der Waals surface area contributed by atoms with Gasteiger partial charge in [-0.3, -0.25) is 15.0 Å². The average Bonchev–Trinajstić information content (AvgIpc) is 2.92. The summed E-state index contributed by atoms with van der Waals surface area (Å²) in [6.45, 7) is 1.64. The third-order valence-corrected chi connectivity index (χ3v) is 4.16. The van der Waals surface area contributed by atoms with E-state index >= 15 is 0 Å². The largest absolute Gasteiger partial charge is 0.292 e. The lowest BCUT2D eigenvalue weighted by atomic mass is 9.95. The Bertz CT molecular complexity index is 663. The Morgan fingerprint density at radius 2 is 1.91 bits per heavy atom. The predicted molar refractivity (Wildman–Crippen MR) is 81.6 cm³/mol. The molecule has 1 fully saturated rings. The molecule has 0 saturated carbocycles. The molecular weight excluding hydrogens is 283 g/mol. The number of benzene rings is 2. The summed E-state index contributed by atoms with van der Waals surface area (Å²) in [5, 5.41) is 11.4. The minimum atomic E-state index is -0.689. The third kappa shape index (κ3) is 3.14. The second-order valence-electron chi connectivity index (χ2n) is 5.69. The van der Waals surface area contributed by atoms with E-state index in [0.717, 1.165) is 5.56 Å². The number of hydrogen-bond donors (Lipinski definition) is 0. The number of hydrogen-bond acceptors (Lipinski definition) is 3. The zero-order chi connectivity index (χ0) is 15.5. The van der Waals surface area contributed by atoms with E-state index in [1.807, 2.05) is 30.3 Å². The molecular formula is C17H17FN2O2. The first-order chi connectivity index (χ1) is 10.6. The van der Waals surface area contributed by atoms with Gasteiger partial charge in [-0.2, -0.15) is 0 Å². The highest BCUT2D eigenvalue weighted by Gasteiger charge is 2.41. The Kier molecular flexibility index (Phi) is 4.15. The predicted octanol–water partition coefficient (Wildman–Crippen LogP) is 3.07. The highest BCUT2D eigenvalue weighted by atomic mass is 19.1. The lowest BCUT2D eigenvalue weighted by Gasteiger charge is -2.15. The Labute approximate surface area is 128 Å². The molecule has 0 radical (unpaired) electrons. The summed E-state index contributed by atoms with van der Waals surface area (Å²) in [6, 6.07) is 15.4. The van der Waals surface area contributed by atoms with Crippen LogP contribution in [0.15, 0.2) is 54.6 Å². The Morgan fingerprint density at radius 3 is 2.59 bits per heavy atom. The molecule has 1 aliphatic rings. The van der Waals surface area contributed by atoms with E-state index < -0.39 is 6.04 Å². The summed E-state index contributed by atoms with van der Waals surface area (Å²) < 4.78 is 13.4. The van der Waals surface area contributed by atoms with Gasteiger partial charge < -0.3 is 0 Å². The minimum Gasteiger partial charge on any atom is -0.292 e. The quantitative estimate of drug-likeness (QED) is 0.644. The van der Waals surface area contributed by atoms with Gasteiger partial charge in [-0.15, -0.1) is 0 Å². The molecule has 2 atom stereocenters. The summed E-state index contributed by atoms with van der Waals surface area (Å²) in [5.41, 5.74) is 1.83. The highest BCUT2D eigenvalue weighted by Crippen LogP contribution is 2.30. The van der Waals surface area contributed by atoms with Crippen LogP contribution < -0.4 is 0 Å². The summed E-state index contributed by atoms with van der Waals surface area (Å²) in [5.74, 6) is -0.615. The van der Waals surface area contributed by atoms with Crippen molar-refractivity contribution in [2.24, 2.45) is 0 Å². The van der Waals surface area contributed by atoms with Crippen LogP contribution in [0.3, 0.4) is 0 Å². The topological polar surface area (TPSA) is 46.4 Å². The number of nitro groups is 1. The van der Waals surface area contributed by atoms with Gasteiger partial charge in [0, 0.05) is 18.0 Å². The van der Waals surface area contributed by atoms with Gasteiger partial charge in [0.05, 0.1) is 12.5 Å². The molecule has 2 aromatic rings. The van der Waals surface area contributed by atoms with E-state index in [-0.39, 0.29) is 16.7 Å². The fourth-order valence-corrected chi connectivity index (χ4v) is 3.12. The molecule has 22 heavy (non-hydrogen) atoms. The summed E-state index contributed by atoms with van der Waals surface area (Å²) in [4.78, 5) is 13.2. The molecule has 0 aromatic heterocycles. The zero-order valence-electron chi connectivity index (χ0n) is 12.1. The molecule has 0 unspecified atom stereocenters. The van der Waals surface area contributed by atoms with Crippen LogP contribution in [-0.4, -0.2) is 29.0 Å². The van der Waals surface area contributed by atoms with Crippen LogP contribution in [0.25, 0.3) is 0 Å². The Hall–Kier alpha value is -2.27. The molecule has 114 valence electrons. The van der Waals surface area contributed by atoms with Crippen molar-refractivity contribution in [2.75, 3.05) is 13.1 Å². The number of likely N-dealkylation sites (tertiary alicyclic amines) is 1. The standard InChI is InChI=1S/C17H17FN2O2/c18-15-8-4-7-14(9-15)16-11-19(12-17(16)20(21)22)10-13-5-2-1-3-6-13/h1-9,16-17H,10-12H2/t16-,17-/m0/s1. The summed E-state index contributed by atoms with van der Waals surface area (Å²) in [6.07, 6.45) is 0. The second kappa shape index (κ2) is 6.23. The molecule has 2 aromatic carbocycles. The number of rotatable bonds is 4. The van der Waals surface area contributed by atoms with Gasteiger partial charge in [-0.25, -0.2) is 4.39 Å². The van der Waals surface area contributed by atoms with Crippen molar-refractivity contribution < 1.29 is 9.31 Å². The second-order valence-corrected chi connectivity index (χ2v) is 5.69. The van der Waals surface area contributed by atoms with Crippen LogP contribution >= 0.6 is 0 Å². The average molecular weight is 300 g/mol. The van der Waals surface area contributed by atoms with Crippen LogP contribution in [0.1, 0.15) is 17.0 Å².